The number of carboxylic acid groups (broad SMARTS) is 1. The Labute approximate surface area is 89.2 Å². The van der Waals surface area contributed by atoms with Crippen molar-refractivity contribution in [3.8, 4) is 0 Å². The first-order chi connectivity index (χ1) is 7.20. The van der Waals surface area contributed by atoms with Crippen LogP contribution in [0, 0.1) is 6.92 Å². The maximum Gasteiger partial charge on any atom is 0.335 e. The van der Waals surface area contributed by atoms with Crippen molar-refractivity contribution in [2.24, 2.45) is 0 Å². The van der Waals surface area contributed by atoms with Crippen molar-refractivity contribution < 1.29 is 9.90 Å². The Hall–Kier alpha value is -1.57. The molecule has 0 aromatic heterocycles. The van der Waals surface area contributed by atoms with Crippen LogP contribution < -0.4 is 0 Å². The Morgan fingerprint density at radius 2 is 2.00 bits per heavy atom. The van der Waals surface area contributed by atoms with Gasteiger partial charge >= 0.3 is 5.97 Å². The van der Waals surface area contributed by atoms with Crippen LogP contribution in [0.4, 0.5) is 0 Å². The SMILES string of the molecule is Cc1c(C(=O)O)cccc1C1CC=CC1. The first-order valence-corrected chi connectivity index (χ1v) is 5.18. The number of hydrogen-bond acceptors (Lipinski definition) is 1. The molecule has 0 saturated heterocycles. The first-order valence-electron chi connectivity index (χ1n) is 5.18. The van der Waals surface area contributed by atoms with Gasteiger partial charge in [-0.3, -0.25) is 0 Å². The molecule has 1 aromatic carbocycles. The van der Waals surface area contributed by atoms with E-state index in [9.17, 15) is 4.79 Å². The van der Waals surface area contributed by atoms with Gasteiger partial charge in [0.05, 0.1) is 5.56 Å². The number of benzene rings is 1. The van der Waals surface area contributed by atoms with Gasteiger partial charge in [0.1, 0.15) is 0 Å². The smallest absolute Gasteiger partial charge is 0.335 e. The van der Waals surface area contributed by atoms with Gasteiger partial charge < -0.3 is 5.11 Å². The van der Waals surface area contributed by atoms with E-state index in [1.54, 1.807) is 6.07 Å². The second kappa shape index (κ2) is 3.89. The quantitative estimate of drug-likeness (QED) is 0.748. The molecule has 78 valence electrons. The van der Waals surface area contributed by atoms with Crippen molar-refractivity contribution >= 4 is 5.97 Å². The van der Waals surface area contributed by atoms with Crippen LogP contribution in [0.25, 0.3) is 0 Å². The van der Waals surface area contributed by atoms with Gasteiger partial charge in [0, 0.05) is 0 Å². The summed E-state index contributed by atoms with van der Waals surface area (Å²) in [6.45, 7) is 1.90. The average Bonchev–Trinajstić information content (AvgIpc) is 2.70. The zero-order chi connectivity index (χ0) is 10.8. The van der Waals surface area contributed by atoms with E-state index >= 15 is 0 Å². The summed E-state index contributed by atoms with van der Waals surface area (Å²) in [5.41, 5.74) is 2.53. The third-order valence-electron chi connectivity index (χ3n) is 3.05. The lowest BCUT2D eigenvalue weighted by Gasteiger charge is -2.14. The summed E-state index contributed by atoms with van der Waals surface area (Å²) in [7, 11) is 0. The number of aromatic carboxylic acids is 1. The largest absolute Gasteiger partial charge is 0.478 e. The molecule has 0 atom stereocenters. The highest BCUT2D eigenvalue weighted by atomic mass is 16.4. The fourth-order valence-electron chi connectivity index (χ4n) is 2.20. The van der Waals surface area contributed by atoms with Gasteiger partial charge in [-0.2, -0.15) is 0 Å². The monoisotopic (exact) mass is 202 g/mol. The van der Waals surface area contributed by atoms with Gasteiger partial charge in [-0.25, -0.2) is 4.79 Å². The molecule has 0 unspecified atom stereocenters. The van der Waals surface area contributed by atoms with Crippen LogP contribution in [0.5, 0.6) is 0 Å². The second-order valence-electron chi connectivity index (χ2n) is 3.96. The van der Waals surface area contributed by atoms with E-state index < -0.39 is 5.97 Å². The molecule has 0 heterocycles. The Balaban J connectivity index is 2.39. The maximum atomic E-state index is 11.0. The van der Waals surface area contributed by atoms with Crippen LogP contribution in [-0.4, -0.2) is 11.1 Å². The highest BCUT2D eigenvalue weighted by Gasteiger charge is 2.18. The lowest BCUT2D eigenvalue weighted by Crippen LogP contribution is -2.04. The second-order valence-corrected chi connectivity index (χ2v) is 3.96. The lowest BCUT2D eigenvalue weighted by molar-refractivity contribution is 0.0696. The van der Waals surface area contributed by atoms with E-state index in [0.717, 1.165) is 18.4 Å². The van der Waals surface area contributed by atoms with Crippen LogP contribution in [0.3, 0.4) is 0 Å². The Morgan fingerprint density at radius 1 is 1.33 bits per heavy atom. The first kappa shape index (κ1) is 9.97. The topological polar surface area (TPSA) is 37.3 Å². The predicted molar refractivity (Wildman–Crippen MR) is 59.3 cm³/mol. The van der Waals surface area contributed by atoms with Gasteiger partial charge in [0.2, 0.25) is 0 Å². The van der Waals surface area contributed by atoms with Crippen molar-refractivity contribution in [1.82, 2.24) is 0 Å². The molecule has 0 amide bonds. The normalized spacial score (nSPS) is 15.8. The standard InChI is InChI=1S/C13H14O2/c1-9-11(10-5-2-3-6-10)7-4-8-12(9)13(14)15/h2-4,7-8,10H,5-6H2,1H3,(H,14,15). The summed E-state index contributed by atoms with van der Waals surface area (Å²) in [4.78, 5) is 11.0. The van der Waals surface area contributed by atoms with Gasteiger partial charge in [-0.05, 0) is 42.9 Å². The highest BCUT2D eigenvalue weighted by molar-refractivity contribution is 5.89. The van der Waals surface area contributed by atoms with E-state index in [1.807, 2.05) is 19.1 Å². The van der Waals surface area contributed by atoms with Crippen molar-refractivity contribution in [2.45, 2.75) is 25.7 Å². The number of carboxylic acids is 1. The Bertz CT molecular complexity index is 411. The van der Waals surface area contributed by atoms with E-state index in [4.69, 9.17) is 5.11 Å². The summed E-state index contributed by atoms with van der Waals surface area (Å²) >= 11 is 0. The molecule has 0 radical (unpaired) electrons. The summed E-state index contributed by atoms with van der Waals surface area (Å²) in [6, 6.07) is 5.55. The minimum absolute atomic E-state index is 0.430. The molecule has 2 nitrogen and oxygen atoms in total. The fraction of sp³-hybridized carbons (Fsp3) is 0.308. The van der Waals surface area contributed by atoms with Gasteiger partial charge in [-0.1, -0.05) is 24.3 Å². The zero-order valence-electron chi connectivity index (χ0n) is 8.73. The lowest BCUT2D eigenvalue weighted by atomic mass is 9.90. The van der Waals surface area contributed by atoms with Crippen molar-refractivity contribution in [3.05, 3.63) is 47.0 Å². The van der Waals surface area contributed by atoms with Crippen LogP contribution in [0.2, 0.25) is 0 Å². The van der Waals surface area contributed by atoms with E-state index in [1.165, 1.54) is 5.56 Å². The number of hydrogen-bond donors (Lipinski definition) is 1. The van der Waals surface area contributed by atoms with Crippen LogP contribution >= 0.6 is 0 Å². The molecule has 0 bridgehead atoms. The zero-order valence-corrected chi connectivity index (χ0v) is 8.73. The van der Waals surface area contributed by atoms with Crippen LogP contribution in [-0.2, 0) is 0 Å². The molecular formula is C13H14O2. The summed E-state index contributed by atoms with van der Waals surface area (Å²) in [5.74, 6) is -0.357. The minimum Gasteiger partial charge on any atom is -0.478 e. The number of carbonyl (C=O) groups is 1. The molecule has 1 aliphatic rings. The van der Waals surface area contributed by atoms with Gasteiger partial charge in [0.25, 0.3) is 0 Å². The van der Waals surface area contributed by atoms with Crippen molar-refractivity contribution in [1.29, 1.82) is 0 Å². The number of rotatable bonds is 2. The predicted octanol–water partition coefficient (Wildman–Crippen LogP) is 3.13. The summed E-state index contributed by atoms with van der Waals surface area (Å²) < 4.78 is 0. The highest BCUT2D eigenvalue weighted by Crippen LogP contribution is 2.32. The molecule has 15 heavy (non-hydrogen) atoms. The molecule has 2 rings (SSSR count). The van der Waals surface area contributed by atoms with Crippen LogP contribution in [0.1, 0.15) is 40.2 Å². The molecule has 1 aliphatic carbocycles. The molecule has 0 fully saturated rings. The molecule has 1 N–H and O–H groups in total. The molecular weight excluding hydrogens is 188 g/mol. The molecule has 2 heteroatoms. The molecule has 0 saturated carbocycles. The average molecular weight is 202 g/mol. The van der Waals surface area contributed by atoms with Crippen molar-refractivity contribution in [2.75, 3.05) is 0 Å². The maximum absolute atomic E-state index is 11.0. The Kier molecular flexibility index (Phi) is 2.58. The van der Waals surface area contributed by atoms with Gasteiger partial charge in [0.15, 0.2) is 0 Å². The Morgan fingerprint density at radius 3 is 2.60 bits per heavy atom. The minimum atomic E-state index is -0.833. The van der Waals surface area contributed by atoms with E-state index in [0.29, 0.717) is 11.5 Å². The van der Waals surface area contributed by atoms with Crippen LogP contribution in [0.15, 0.2) is 30.4 Å². The fourth-order valence-corrected chi connectivity index (χ4v) is 2.20. The molecule has 1 aromatic rings. The third kappa shape index (κ3) is 1.80. The molecule has 0 aliphatic heterocycles. The van der Waals surface area contributed by atoms with E-state index in [-0.39, 0.29) is 0 Å². The van der Waals surface area contributed by atoms with Crippen molar-refractivity contribution in [3.63, 3.8) is 0 Å². The summed E-state index contributed by atoms with van der Waals surface area (Å²) in [5, 5.41) is 9.02. The third-order valence-corrected chi connectivity index (χ3v) is 3.05. The van der Waals surface area contributed by atoms with E-state index in [2.05, 4.69) is 12.2 Å². The summed E-state index contributed by atoms with van der Waals surface area (Å²) in [6.07, 6.45) is 6.39. The van der Waals surface area contributed by atoms with Gasteiger partial charge in [-0.15, -0.1) is 0 Å². The number of allylic oxidation sites excluding steroid dienone is 2. The molecule has 0 spiro atoms.